The lowest BCUT2D eigenvalue weighted by Gasteiger charge is -2.33. The van der Waals surface area contributed by atoms with Gasteiger partial charge in [0.2, 0.25) is 21.8 Å². The maximum absolute atomic E-state index is 14.4. The van der Waals surface area contributed by atoms with E-state index in [0.29, 0.717) is 12.4 Å². The first-order valence-corrected chi connectivity index (χ1v) is 13.1. The van der Waals surface area contributed by atoms with Crippen LogP contribution in [0, 0.1) is 5.82 Å². The first kappa shape index (κ1) is 28.1. The Hall–Kier alpha value is -3.14. The van der Waals surface area contributed by atoms with Crippen LogP contribution in [0.25, 0.3) is 0 Å². The Bertz CT molecular complexity index is 1130. The molecule has 0 saturated heterocycles. The molecule has 0 heterocycles. The summed E-state index contributed by atoms with van der Waals surface area (Å²) in [5, 5.41) is 2.82. The topological polar surface area (TPSA) is 96.0 Å². The molecule has 35 heavy (non-hydrogen) atoms. The molecule has 0 aliphatic carbocycles. The van der Waals surface area contributed by atoms with Crippen molar-refractivity contribution in [2.45, 2.75) is 52.7 Å². The largest absolute Gasteiger partial charge is 0.494 e. The maximum atomic E-state index is 14.4. The maximum Gasteiger partial charge on any atom is 0.244 e. The van der Waals surface area contributed by atoms with Crippen molar-refractivity contribution in [1.29, 1.82) is 0 Å². The van der Waals surface area contributed by atoms with E-state index in [0.717, 1.165) is 10.6 Å². The number of carbonyl (C=O) groups is 2. The molecule has 2 aromatic rings. The van der Waals surface area contributed by atoms with Crippen molar-refractivity contribution in [1.82, 2.24) is 10.2 Å². The highest BCUT2D eigenvalue weighted by atomic mass is 32.2. The molecule has 2 aromatic carbocycles. The molecular weight excluding hydrogens is 473 g/mol. The van der Waals surface area contributed by atoms with Crippen molar-refractivity contribution in [2.75, 3.05) is 23.7 Å². The Labute approximate surface area is 207 Å². The van der Waals surface area contributed by atoms with E-state index in [1.165, 1.54) is 42.2 Å². The van der Waals surface area contributed by atoms with Gasteiger partial charge in [-0.1, -0.05) is 18.2 Å². The molecule has 0 aromatic heterocycles. The van der Waals surface area contributed by atoms with Gasteiger partial charge in [-0.3, -0.25) is 13.9 Å². The molecule has 1 N–H and O–H groups in total. The molecule has 0 bridgehead atoms. The number of anilines is 1. The van der Waals surface area contributed by atoms with Crippen molar-refractivity contribution in [2.24, 2.45) is 0 Å². The monoisotopic (exact) mass is 507 g/mol. The molecule has 0 unspecified atom stereocenters. The summed E-state index contributed by atoms with van der Waals surface area (Å²) in [4.78, 5) is 27.5. The lowest BCUT2D eigenvalue weighted by atomic mass is 10.1. The molecule has 2 amide bonds. The molecule has 0 saturated carbocycles. The summed E-state index contributed by atoms with van der Waals surface area (Å²) in [6.07, 6.45) is 0.994. The van der Waals surface area contributed by atoms with Crippen LogP contribution in [0.1, 0.15) is 40.2 Å². The number of sulfonamides is 1. The minimum absolute atomic E-state index is 0.203. The second-order valence-electron chi connectivity index (χ2n) is 9.22. The highest BCUT2D eigenvalue weighted by molar-refractivity contribution is 7.92. The smallest absolute Gasteiger partial charge is 0.244 e. The van der Waals surface area contributed by atoms with E-state index in [9.17, 15) is 22.4 Å². The zero-order chi connectivity index (χ0) is 26.4. The molecule has 0 aliphatic heterocycles. The summed E-state index contributed by atoms with van der Waals surface area (Å²) < 4.78 is 45.9. The lowest BCUT2D eigenvalue weighted by molar-refractivity contribution is -0.140. The Kier molecular flexibility index (Phi) is 9.25. The van der Waals surface area contributed by atoms with Crippen LogP contribution >= 0.6 is 0 Å². The van der Waals surface area contributed by atoms with Gasteiger partial charge < -0.3 is 15.0 Å². The van der Waals surface area contributed by atoms with E-state index in [-0.39, 0.29) is 17.8 Å². The van der Waals surface area contributed by atoms with Gasteiger partial charge in [-0.15, -0.1) is 0 Å². The van der Waals surface area contributed by atoms with E-state index in [2.05, 4.69) is 5.32 Å². The number of hydrogen-bond acceptors (Lipinski definition) is 5. The van der Waals surface area contributed by atoms with E-state index in [1.54, 1.807) is 39.0 Å². The first-order valence-electron chi connectivity index (χ1n) is 11.3. The van der Waals surface area contributed by atoms with Gasteiger partial charge in [0.15, 0.2) is 0 Å². The summed E-state index contributed by atoms with van der Waals surface area (Å²) in [6, 6.07) is 11.2. The van der Waals surface area contributed by atoms with Crippen molar-refractivity contribution in [3.8, 4) is 5.75 Å². The average molecular weight is 508 g/mol. The Morgan fingerprint density at radius 3 is 2.20 bits per heavy atom. The van der Waals surface area contributed by atoms with Gasteiger partial charge in [0.1, 0.15) is 24.2 Å². The van der Waals surface area contributed by atoms with E-state index in [4.69, 9.17) is 4.74 Å². The number of carbonyl (C=O) groups excluding carboxylic acids is 2. The third-order valence-corrected chi connectivity index (χ3v) is 6.22. The van der Waals surface area contributed by atoms with Crippen molar-refractivity contribution in [3.05, 3.63) is 59.9 Å². The molecule has 0 spiro atoms. The van der Waals surface area contributed by atoms with Crippen molar-refractivity contribution < 1.29 is 27.1 Å². The lowest BCUT2D eigenvalue weighted by Crippen LogP contribution is -2.54. The molecule has 0 aliphatic rings. The summed E-state index contributed by atoms with van der Waals surface area (Å²) >= 11 is 0. The minimum atomic E-state index is -3.86. The fourth-order valence-electron chi connectivity index (χ4n) is 3.36. The quantitative estimate of drug-likeness (QED) is 0.532. The van der Waals surface area contributed by atoms with Gasteiger partial charge in [-0.25, -0.2) is 12.8 Å². The summed E-state index contributed by atoms with van der Waals surface area (Å²) in [5.41, 5.74) is -0.0794. The normalized spacial score (nSPS) is 12.5. The zero-order valence-corrected chi connectivity index (χ0v) is 21.9. The predicted octanol–water partition coefficient (Wildman–Crippen LogP) is 3.32. The Balaban J connectivity index is 2.40. The van der Waals surface area contributed by atoms with Gasteiger partial charge >= 0.3 is 0 Å². The molecule has 2 rings (SSSR count). The van der Waals surface area contributed by atoms with Crippen LogP contribution in [0.5, 0.6) is 5.75 Å². The fourth-order valence-corrected chi connectivity index (χ4v) is 4.21. The molecule has 1 atom stereocenters. The van der Waals surface area contributed by atoms with Crippen LogP contribution in [0.3, 0.4) is 0 Å². The van der Waals surface area contributed by atoms with E-state index in [1.807, 2.05) is 6.92 Å². The van der Waals surface area contributed by atoms with E-state index < -0.39 is 45.8 Å². The summed E-state index contributed by atoms with van der Waals surface area (Å²) in [7, 11) is -3.86. The van der Waals surface area contributed by atoms with Crippen molar-refractivity contribution in [3.63, 3.8) is 0 Å². The predicted molar refractivity (Wildman–Crippen MR) is 134 cm³/mol. The summed E-state index contributed by atoms with van der Waals surface area (Å²) in [6.45, 7) is 8.46. The Morgan fingerprint density at radius 2 is 1.69 bits per heavy atom. The van der Waals surface area contributed by atoms with Crippen LogP contribution in [0.4, 0.5) is 10.1 Å². The molecule has 0 fully saturated rings. The zero-order valence-electron chi connectivity index (χ0n) is 21.0. The molecule has 8 nitrogen and oxygen atoms in total. The number of nitrogens with one attached hydrogen (secondary N) is 1. The fraction of sp³-hybridized carbons (Fsp3) is 0.440. The number of rotatable bonds is 10. The van der Waals surface area contributed by atoms with Gasteiger partial charge in [0, 0.05) is 17.6 Å². The Morgan fingerprint density at radius 1 is 1.09 bits per heavy atom. The highest BCUT2D eigenvalue weighted by Gasteiger charge is 2.31. The van der Waals surface area contributed by atoms with Crippen molar-refractivity contribution >= 4 is 27.5 Å². The van der Waals surface area contributed by atoms with Gasteiger partial charge in [-0.05, 0) is 65.0 Å². The summed E-state index contributed by atoms with van der Waals surface area (Å²) in [5.74, 6) is -1.05. The molecular formula is C25H34FN3O5S. The van der Waals surface area contributed by atoms with Gasteiger partial charge in [0.05, 0.1) is 18.6 Å². The van der Waals surface area contributed by atoms with Crippen LogP contribution in [0.15, 0.2) is 48.5 Å². The highest BCUT2D eigenvalue weighted by Crippen LogP contribution is 2.23. The SMILES string of the molecule is CCOc1ccc(N(CC(=O)N(Cc2ccccc2F)[C@@H](C)C(=O)NC(C)(C)C)S(C)(=O)=O)cc1. The van der Waals surface area contributed by atoms with Gasteiger partial charge in [0.25, 0.3) is 0 Å². The average Bonchev–Trinajstić information content (AvgIpc) is 2.75. The third kappa shape index (κ3) is 8.24. The second-order valence-corrected chi connectivity index (χ2v) is 11.1. The number of amides is 2. The van der Waals surface area contributed by atoms with Crippen LogP contribution < -0.4 is 14.4 Å². The molecule has 10 heteroatoms. The third-order valence-electron chi connectivity index (χ3n) is 5.08. The van der Waals surface area contributed by atoms with Crippen LogP contribution in [-0.4, -0.2) is 56.1 Å². The number of benzene rings is 2. The number of nitrogens with zero attached hydrogens (tertiary/aromatic N) is 2. The van der Waals surface area contributed by atoms with E-state index >= 15 is 0 Å². The minimum Gasteiger partial charge on any atom is -0.494 e. The van der Waals surface area contributed by atoms with Crippen LogP contribution in [-0.2, 0) is 26.2 Å². The van der Waals surface area contributed by atoms with Gasteiger partial charge in [-0.2, -0.15) is 0 Å². The van der Waals surface area contributed by atoms with Crippen LogP contribution in [0.2, 0.25) is 0 Å². The first-order chi connectivity index (χ1) is 16.2. The second kappa shape index (κ2) is 11.5. The molecule has 0 radical (unpaired) electrons. The number of halogens is 1. The molecule has 192 valence electrons. The number of ether oxygens (including phenoxy) is 1. The standard InChI is InChI=1S/C25H34FN3O5S/c1-7-34-21-14-12-20(13-15-21)29(35(6,32)33)17-23(30)28(16-19-10-8-9-11-22(19)26)18(2)24(31)27-25(3,4)5/h8-15,18H,7,16-17H2,1-6H3,(H,27,31)/t18-/m0/s1. The number of hydrogen-bond donors (Lipinski definition) is 1.